The van der Waals surface area contributed by atoms with Crippen molar-refractivity contribution in [2.45, 2.75) is 19.4 Å². The summed E-state index contributed by atoms with van der Waals surface area (Å²) in [5.41, 5.74) is 2.89. The number of ether oxygens (including phenoxy) is 2. The first-order valence-electron chi connectivity index (χ1n) is 9.07. The number of nitrogens with one attached hydrogen (secondary N) is 1. The van der Waals surface area contributed by atoms with Gasteiger partial charge in [0.15, 0.2) is 6.10 Å². The number of rotatable bonds is 7. The van der Waals surface area contributed by atoms with Gasteiger partial charge in [0.2, 0.25) is 0 Å². The molecule has 1 amide bonds. The number of phenolic OH excluding ortho intramolecular Hbond substituents is 1. The normalized spacial score (nSPS) is 12.1. The number of carbonyl (C=O) groups excluding carboxylic acids is 1. The van der Waals surface area contributed by atoms with E-state index in [0.29, 0.717) is 23.5 Å². The number of amides is 1. The summed E-state index contributed by atoms with van der Waals surface area (Å²) in [5.74, 6) is 0.810. The molecule has 1 atom stereocenters. The Balaban J connectivity index is 1.70. The van der Waals surface area contributed by atoms with Gasteiger partial charge >= 0.3 is 0 Å². The second kappa shape index (κ2) is 9.43. The van der Waals surface area contributed by atoms with Gasteiger partial charge in [-0.2, -0.15) is 5.10 Å². The molecule has 0 aromatic heterocycles. The van der Waals surface area contributed by atoms with Gasteiger partial charge in [0.1, 0.15) is 17.2 Å². The fourth-order valence-corrected chi connectivity index (χ4v) is 3.37. The number of benzene rings is 3. The molecule has 0 saturated heterocycles. The van der Waals surface area contributed by atoms with E-state index in [0.717, 1.165) is 15.2 Å². The van der Waals surface area contributed by atoms with Gasteiger partial charge < -0.3 is 14.6 Å². The summed E-state index contributed by atoms with van der Waals surface area (Å²) < 4.78 is 11.8. The molecule has 0 bridgehead atoms. The first kappa shape index (κ1) is 20.7. The van der Waals surface area contributed by atoms with Crippen LogP contribution in [0.15, 0.2) is 64.2 Å². The Bertz CT molecular complexity index is 1050. The monoisotopic (exact) mass is 456 g/mol. The van der Waals surface area contributed by atoms with Crippen LogP contribution in [0.3, 0.4) is 0 Å². The SMILES string of the molecule is CC[C@H](Oc1ccc2ccccc2c1Br)C(=O)N/N=C\c1cc(OC)ccc1O. The zero-order chi connectivity index (χ0) is 20.8. The van der Waals surface area contributed by atoms with E-state index in [-0.39, 0.29) is 11.7 Å². The van der Waals surface area contributed by atoms with E-state index in [9.17, 15) is 9.90 Å². The van der Waals surface area contributed by atoms with Crippen LogP contribution in [0.5, 0.6) is 17.2 Å². The number of fused-ring (bicyclic) bond motifs is 1. The Hall–Kier alpha value is -3.06. The van der Waals surface area contributed by atoms with Crippen molar-refractivity contribution in [3.63, 3.8) is 0 Å². The molecule has 0 aliphatic rings. The molecule has 150 valence electrons. The quantitative estimate of drug-likeness (QED) is 0.401. The molecule has 3 aromatic carbocycles. The van der Waals surface area contributed by atoms with Crippen LogP contribution in [0.1, 0.15) is 18.9 Å². The topological polar surface area (TPSA) is 80.2 Å². The molecule has 0 unspecified atom stereocenters. The molecule has 0 saturated carbocycles. The van der Waals surface area contributed by atoms with E-state index in [2.05, 4.69) is 26.5 Å². The average molecular weight is 457 g/mol. The van der Waals surface area contributed by atoms with E-state index < -0.39 is 6.10 Å². The van der Waals surface area contributed by atoms with Gasteiger partial charge in [0.05, 0.1) is 17.8 Å². The highest BCUT2D eigenvalue weighted by Gasteiger charge is 2.19. The van der Waals surface area contributed by atoms with Crippen LogP contribution in [-0.4, -0.2) is 30.4 Å². The van der Waals surface area contributed by atoms with Gasteiger partial charge in [-0.1, -0.05) is 37.3 Å². The van der Waals surface area contributed by atoms with Crippen molar-refractivity contribution >= 4 is 38.8 Å². The smallest absolute Gasteiger partial charge is 0.281 e. The molecule has 0 radical (unpaired) electrons. The highest BCUT2D eigenvalue weighted by molar-refractivity contribution is 9.10. The first-order chi connectivity index (χ1) is 14.0. The largest absolute Gasteiger partial charge is 0.507 e. The van der Waals surface area contributed by atoms with Crippen molar-refractivity contribution in [1.29, 1.82) is 0 Å². The highest BCUT2D eigenvalue weighted by Crippen LogP contribution is 2.33. The number of hydrazone groups is 1. The highest BCUT2D eigenvalue weighted by atomic mass is 79.9. The summed E-state index contributed by atoms with van der Waals surface area (Å²) in [5, 5.41) is 15.9. The number of aromatic hydroxyl groups is 1. The van der Waals surface area contributed by atoms with Crippen LogP contribution in [0.25, 0.3) is 10.8 Å². The molecule has 3 aromatic rings. The van der Waals surface area contributed by atoms with Gasteiger partial charge in [0.25, 0.3) is 5.91 Å². The number of phenols is 1. The lowest BCUT2D eigenvalue weighted by atomic mass is 10.1. The van der Waals surface area contributed by atoms with Crippen LogP contribution in [0.4, 0.5) is 0 Å². The minimum absolute atomic E-state index is 0.0344. The first-order valence-corrected chi connectivity index (χ1v) is 9.86. The number of hydrogen-bond donors (Lipinski definition) is 2. The average Bonchev–Trinajstić information content (AvgIpc) is 2.74. The molecule has 6 nitrogen and oxygen atoms in total. The van der Waals surface area contributed by atoms with Gasteiger partial charge in [-0.15, -0.1) is 0 Å². The zero-order valence-electron chi connectivity index (χ0n) is 16.1. The lowest BCUT2D eigenvalue weighted by molar-refractivity contribution is -0.128. The molecule has 29 heavy (non-hydrogen) atoms. The summed E-state index contributed by atoms with van der Waals surface area (Å²) >= 11 is 3.57. The van der Waals surface area contributed by atoms with E-state index in [4.69, 9.17) is 9.47 Å². The van der Waals surface area contributed by atoms with E-state index in [1.54, 1.807) is 12.1 Å². The number of halogens is 1. The van der Waals surface area contributed by atoms with Crippen LogP contribution >= 0.6 is 15.9 Å². The Labute approximate surface area is 177 Å². The fraction of sp³-hybridized carbons (Fsp3) is 0.182. The van der Waals surface area contributed by atoms with Crippen molar-refractivity contribution in [2.24, 2.45) is 5.10 Å². The molecule has 0 heterocycles. The fourth-order valence-electron chi connectivity index (χ4n) is 2.78. The van der Waals surface area contributed by atoms with Crippen LogP contribution < -0.4 is 14.9 Å². The predicted octanol–water partition coefficient (Wildman–Crippen LogP) is 4.62. The number of methoxy groups -OCH3 is 1. The van der Waals surface area contributed by atoms with E-state index in [1.165, 1.54) is 19.4 Å². The molecule has 0 aliphatic carbocycles. The standard InChI is InChI=1S/C22H21BrN2O4/c1-3-19(29-20-11-8-14-6-4-5-7-17(14)21(20)23)22(27)25-24-13-15-12-16(28-2)9-10-18(15)26/h4-13,19,26H,3H2,1-2H3,(H,25,27)/b24-13-/t19-/m0/s1. The summed E-state index contributed by atoms with van der Waals surface area (Å²) in [6.45, 7) is 1.86. The third-order valence-electron chi connectivity index (χ3n) is 4.37. The van der Waals surface area contributed by atoms with Crippen LogP contribution in [0, 0.1) is 0 Å². The predicted molar refractivity (Wildman–Crippen MR) is 117 cm³/mol. The second-order valence-corrected chi connectivity index (χ2v) is 7.07. The second-order valence-electron chi connectivity index (χ2n) is 6.27. The maximum atomic E-state index is 12.5. The molecule has 0 fully saturated rings. The molecule has 0 spiro atoms. The molecule has 3 rings (SSSR count). The zero-order valence-corrected chi connectivity index (χ0v) is 17.6. The van der Waals surface area contributed by atoms with Gasteiger partial charge in [-0.3, -0.25) is 4.79 Å². The van der Waals surface area contributed by atoms with Crippen molar-refractivity contribution in [3.8, 4) is 17.2 Å². The molecular formula is C22H21BrN2O4. The Morgan fingerprint density at radius 2 is 2.03 bits per heavy atom. The minimum Gasteiger partial charge on any atom is -0.507 e. The van der Waals surface area contributed by atoms with Crippen molar-refractivity contribution in [2.75, 3.05) is 7.11 Å². The van der Waals surface area contributed by atoms with E-state index in [1.807, 2.05) is 43.3 Å². The lowest BCUT2D eigenvalue weighted by Crippen LogP contribution is -2.35. The Morgan fingerprint density at radius 3 is 2.79 bits per heavy atom. The van der Waals surface area contributed by atoms with Crippen LogP contribution in [0.2, 0.25) is 0 Å². The van der Waals surface area contributed by atoms with Crippen molar-refractivity contribution in [1.82, 2.24) is 5.43 Å². The van der Waals surface area contributed by atoms with Gasteiger partial charge in [-0.25, -0.2) is 5.43 Å². The van der Waals surface area contributed by atoms with Crippen molar-refractivity contribution < 1.29 is 19.4 Å². The summed E-state index contributed by atoms with van der Waals surface area (Å²) in [7, 11) is 1.53. The molecule has 0 aliphatic heterocycles. The lowest BCUT2D eigenvalue weighted by Gasteiger charge is -2.17. The molecule has 2 N–H and O–H groups in total. The summed E-state index contributed by atoms with van der Waals surface area (Å²) in [4.78, 5) is 12.5. The van der Waals surface area contributed by atoms with Crippen LogP contribution in [-0.2, 0) is 4.79 Å². The van der Waals surface area contributed by atoms with Gasteiger partial charge in [0, 0.05) is 5.56 Å². The third-order valence-corrected chi connectivity index (χ3v) is 5.19. The maximum absolute atomic E-state index is 12.5. The van der Waals surface area contributed by atoms with Gasteiger partial charge in [-0.05, 0) is 57.4 Å². The number of hydrogen-bond acceptors (Lipinski definition) is 5. The minimum atomic E-state index is -0.719. The summed E-state index contributed by atoms with van der Waals surface area (Å²) in [6.07, 6.45) is 1.10. The Kier molecular flexibility index (Phi) is 6.72. The maximum Gasteiger partial charge on any atom is 0.281 e. The van der Waals surface area contributed by atoms with E-state index >= 15 is 0 Å². The third kappa shape index (κ3) is 4.86. The molecular weight excluding hydrogens is 436 g/mol. The number of carbonyl (C=O) groups is 1. The summed E-state index contributed by atoms with van der Waals surface area (Å²) in [6, 6.07) is 16.4. The number of nitrogens with zero attached hydrogens (tertiary/aromatic N) is 1. The molecule has 7 heteroatoms. The van der Waals surface area contributed by atoms with Crippen molar-refractivity contribution in [3.05, 3.63) is 64.6 Å². The Morgan fingerprint density at radius 1 is 1.24 bits per heavy atom.